The molecule has 0 saturated carbocycles. The summed E-state index contributed by atoms with van der Waals surface area (Å²) in [7, 11) is 0. The number of aromatic nitrogens is 2. The monoisotopic (exact) mass is 214 g/mol. The van der Waals surface area contributed by atoms with E-state index in [9.17, 15) is 4.79 Å². The number of aryl methyl sites for hydroxylation is 1. The van der Waals surface area contributed by atoms with Crippen LogP contribution in [0.4, 0.5) is 0 Å². The molecule has 82 valence electrons. The largest absolute Gasteiger partial charge is 0.287 e. The molecular weight excluding hydrogens is 200 g/mol. The van der Waals surface area contributed by atoms with Gasteiger partial charge in [0, 0.05) is 11.8 Å². The lowest BCUT2D eigenvalue weighted by atomic mass is 10.0. The van der Waals surface area contributed by atoms with Crippen molar-refractivity contribution in [1.29, 1.82) is 0 Å². The van der Waals surface area contributed by atoms with Gasteiger partial charge in [0.05, 0.1) is 0 Å². The molecule has 0 saturated heterocycles. The second-order valence-corrected chi connectivity index (χ2v) is 3.75. The molecule has 2 rings (SSSR count). The van der Waals surface area contributed by atoms with Crippen LogP contribution in [0.15, 0.2) is 36.5 Å². The maximum absolute atomic E-state index is 11.9. The first-order valence-electron chi connectivity index (χ1n) is 5.44. The lowest BCUT2D eigenvalue weighted by molar-refractivity contribution is 0.103. The zero-order valence-corrected chi connectivity index (χ0v) is 9.23. The molecule has 3 nitrogen and oxygen atoms in total. The summed E-state index contributed by atoms with van der Waals surface area (Å²) in [5.41, 5.74) is 2.50. The highest BCUT2D eigenvalue weighted by atomic mass is 16.1. The lowest BCUT2D eigenvalue weighted by Crippen LogP contribution is -2.01. The van der Waals surface area contributed by atoms with Crippen LogP contribution < -0.4 is 0 Å². The number of nitrogens with zero attached hydrogens (tertiary/aromatic N) is 1. The van der Waals surface area contributed by atoms with E-state index in [1.54, 1.807) is 12.3 Å². The molecule has 0 amide bonds. The van der Waals surface area contributed by atoms with Crippen molar-refractivity contribution in [3.05, 3.63) is 53.3 Å². The van der Waals surface area contributed by atoms with Gasteiger partial charge in [-0.25, -0.2) is 0 Å². The van der Waals surface area contributed by atoms with Crippen molar-refractivity contribution in [3.8, 4) is 0 Å². The zero-order valence-electron chi connectivity index (χ0n) is 9.23. The molecule has 0 aliphatic heterocycles. The van der Waals surface area contributed by atoms with Gasteiger partial charge in [-0.05, 0) is 18.1 Å². The summed E-state index contributed by atoms with van der Waals surface area (Å²) in [5, 5.41) is 6.45. The molecule has 0 radical (unpaired) electrons. The number of carbonyl (C=O) groups is 1. The van der Waals surface area contributed by atoms with Crippen LogP contribution >= 0.6 is 0 Å². The first-order valence-corrected chi connectivity index (χ1v) is 5.44. The van der Waals surface area contributed by atoms with Crippen molar-refractivity contribution in [1.82, 2.24) is 10.2 Å². The highest BCUT2D eigenvalue weighted by Crippen LogP contribution is 2.10. The first-order chi connectivity index (χ1) is 7.81. The van der Waals surface area contributed by atoms with E-state index in [-0.39, 0.29) is 5.78 Å². The van der Waals surface area contributed by atoms with Crippen LogP contribution in [0.2, 0.25) is 0 Å². The van der Waals surface area contributed by atoms with E-state index in [1.165, 1.54) is 5.56 Å². The van der Waals surface area contributed by atoms with Crippen molar-refractivity contribution in [3.63, 3.8) is 0 Å². The van der Waals surface area contributed by atoms with Gasteiger partial charge in [-0.2, -0.15) is 5.10 Å². The minimum Gasteiger partial charge on any atom is -0.287 e. The van der Waals surface area contributed by atoms with Gasteiger partial charge in [0.1, 0.15) is 5.69 Å². The van der Waals surface area contributed by atoms with Crippen LogP contribution in [0.5, 0.6) is 0 Å². The summed E-state index contributed by atoms with van der Waals surface area (Å²) in [6, 6.07) is 9.44. The van der Waals surface area contributed by atoms with Gasteiger partial charge in [-0.1, -0.05) is 37.6 Å². The highest BCUT2D eigenvalue weighted by Gasteiger charge is 2.09. The number of benzene rings is 1. The van der Waals surface area contributed by atoms with Crippen LogP contribution in [-0.4, -0.2) is 16.0 Å². The molecule has 0 atom stereocenters. The van der Waals surface area contributed by atoms with E-state index in [1.807, 2.05) is 24.3 Å². The third-order valence-electron chi connectivity index (χ3n) is 2.50. The van der Waals surface area contributed by atoms with E-state index in [0.29, 0.717) is 11.3 Å². The number of nitrogens with one attached hydrogen (secondary N) is 1. The SMILES string of the molecule is CCCc1ccc(C(=O)c2ccn[nH]2)cc1. The van der Waals surface area contributed by atoms with E-state index >= 15 is 0 Å². The minimum atomic E-state index is -0.0134. The predicted molar refractivity (Wildman–Crippen MR) is 62.5 cm³/mol. The molecule has 1 aromatic heterocycles. The number of aromatic amines is 1. The Labute approximate surface area is 94.5 Å². The van der Waals surface area contributed by atoms with E-state index in [0.717, 1.165) is 12.8 Å². The predicted octanol–water partition coefficient (Wildman–Crippen LogP) is 2.59. The van der Waals surface area contributed by atoms with Crippen molar-refractivity contribution < 1.29 is 4.79 Å². The van der Waals surface area contributed by atoms with Crippen molar-refractivity contribution in [2.24, 2.45) is 0 Å². The van der Waals surface area contributed by atoms with Gasteiger partial charge in [-0.15, -0.1) is 0 Å². The second-order valence-electron chi connectivity index (χ2n) is 3.75. The van der Waals surface area contributed by atoms with Gasteiger partial charge in [0.15, 0.2) is 0 Å². The summed E-state index contributed by atoms with van der Waals surface area (Å²) in [6.45, 7) is 2.14. The number of hydrogen-bond donors (Lipinski definition) is 1. The molecule has 1 heterocycles. The molecule has 0 unspecified atom stereocenters. The molecule has 2 aromatic rings. The molecule has 0 fully saturated rings. The van der Waals surface area contributed by atoms with Crippen molar-refractivity contribution >= 4 is 5.78 Å². The van der Waals surface area contributed by atoms with Gasteiger partial charge >= 0.3 is 0 Å². The van der Waals surface area contributed by atoms with E-state index < -0.39 is 0 Å². The maximum Gasteiger partial charge on any atom is 0.210 e. The summed E-state index contributed by atoms with van der Waals surface area (Å²) >= 11 is 0. The van der Waals surface area contributed by atoms with Crippen LogP contribution in [0.3, 0.4) is 0 Å². The Kier molecular flexibility index (Phi) is 3.15. The van der Waals surface area contributed by atoms with Gasteiger partial charge < -0.3 is 0 Å². The Morgan fingerprint density at radius 3 is 2.56 bits per heavy atom. The van der Waals surface area contributed by atoms with E-state index in [4.69, 9.17) is 0 Å². The average molecular weight is 214 g/mol. The van der Waals surface area contributed by atoms with Crippen LogP contribution in [-0.2, 0) is 6.42 Å². The van der Waals surface area contributed by atoms with E-state index in [2.05, 4.69) is 17.1 Å². The summed E-state index contributed by atoms with van der Waals surface area (Å²) in [4.78, 5) is 11.9. The van der Waals surface area contributed by atoms with Crippen molar-refractivity contribution in [2.45, 2.75) is 19.8 Å². The van der Waals surface area contributed by atoms with Gasteiger partial charge in [0.2, 0.25) is 5.78 Å². The number of rotatable bonds is 4. The molecule has 0 bridgehead atoms. The molecular formula is C13H14N2O. The summed E-state index contributed by atoms with van der Waals surface area (Å²) in [6.07, 6.45) is 3.76. The number of H-pyrrole nitrogens is 1. The smallest absolute Gasteiger partial charge is 0.210 e. The van der Waals surface area contributed by atoms with Crippen molar-refractivity contribution in [2.75, 3.05) is 0 Å². The van der Waals surface area contributed by atoms with Crippen LogP contribution in [0.1, 0.15) is 35.0 Å². The number of ketones is 1. The summed E-state index contributed by atoms with van der Waals surface area (Å²) in [5.74, 6) is -0.0134. The fourth-order valence-electron chi connectivity index (χ4n) is 1.65. The van der Waals surface area contributed by atoms with Gasteiger partial charge in [0.25, 0.3) is 0 Å². The molecule has 1 aromatic carbocycles. The Balaban J connectivity index is 2.19. The topological polar surface area (TPSA) is 45.8 Å². The molecule has 0 spiro atoms. The number of carbonyl (C=O) groups excluding carboxylic acids is 1. The lowest BCUT2D eigenvalue weighted by Gasteiger charge is -2.01. The van der Waals surface area contributed by atoms with Gasteiger partial charge in [-0.3, -0.25) is 9.89 Å². The molecule has 3 heteroatoms. The molecule has 0 aliphatic rings. The Bertz CT molecular complexity index is 457. The van der Waals surface area contributed by atoms with Crippen LogP contribution in [0, 0.1) is 0 Å². The first kappa shape index (κ1) is 10.6. The second kappa shape index (κ2) is 4.75. The molecule has 16 heavy (non-hydrogen) atoms. The number of hydrogen-bond acceptors (Lipinski definition) is 2. The quantitative estimate of drug-likeness (QED) is 0.795. The van der Waals surface area contributed by atoms with Crippen LogP contribution in [0.25, 0.3) is 0 Å². The Hall–Kier alpha value is -1.90. The normalized spacial score (nSPS) is 10.3. The molecule has 0 aliphatic carbocycles. The average Bonchev–Trinajstić information content (AvgIpc) is 2.83. The zero-order chi connectivity index (χ0) is 11.4. The summed E-state index contributed by atoms with van der Waals surface area (Å²) < 4.78 is 0. The maximum atomic E-state index is 11.9. The third kappa shape index (κ3) is 2.19. The molecule has 1 N–H and O–H groups in total. The fourth-order valence-corrected chi connectivity index (χ4v) is 1.65. The minimum absolute atomic E-state index is 0.0134. The Morgan fingerprint density at radius 2 is 2.00 bits per heavy atom. The third-order valence-corrected chi connectivity index (χ3v) is 2.50. The fraction of sp³-hybridized carbons (Fsp3) is 0.231. The standard InChI is InChI=1S/C13H14N2O/c1-2-3-10-4-6-11(7-5-10)13(16)12-8-9-14-15-12/h4-9H,2-3H2,1H3,(H,14,15). The highest BCUT2D eigenvalue weighted by molar-refractivity contribution is 6.07. The Morgan fingerprint density at radius 1 is 1.25 bits per heavy atom.